The van der Waals surface area contributed by atoms with Crippen LogP contribution < -0.4 is 5.56 Å². The first-order chi connectivity index (χ1) is 8.99. The van der Waals surface area contributed by atoms with Crippen LogP contribution in [0.3, 0.4) is 0 Å². The van der Waals surface area contributed by atoms with Crippen LogP contribution in [0, 0.1) is 5.92 Å². The zero-order valence-electron chi connectivity index (χ0n) is 12.0. The van der Waals surface area contributed by atoms with Crippen molar-refractivity contribution in [2.75, 3.05) is 20.1 Å². The van der Waals surface area contributed by atoms with E-state index in [0.29, 0.717) is 18.9 Å². The lowest BCUT2D eigenvalue weighted by atomic mass is 10.0. The predicted molar refractivity (Wildman–Crippen MR) is 75.3 cm³/mol. The van der Waals surface area contributed by atoms with Crippen molar-refractivity contribution < 1.29 is 4.39 Å². The highest BCUT2D eigenvalue weighted by Crippen LogP contribution is 2.23. The first kappa shape index (κ1) is 14.3. The molecule has 0 amide bonds. The molecule has 1 aromatic rings. The molecule has 1 fully saturated rings. The number of pyridine rings is 1. The summed E-state index contributed by atoms with van der Waals surface area (Å²) < 4.78 is 15.8. The Morgan fingerprint density at radius 1 is 1.47 bits per heavy atom. The molecule has 0 saturated carbocycles. The zero-order valence-corrected chi connectivity index (χ0v) is 12.0. The molecule has 1 aromatic heterocycles. The van der Waals surface area contributed by atoms with E-state index in [1.807, 2.05) is 24.1 Å². The standard InChI is InChI=1S/C15H23FN2O/c1-11(2)9-12-5-4-7-18(15(12)19)14-6-8-17(3)10-13(14)16/h4-5,7,11,13-14H,6,8-10H2,1-3H3/t13-,14-/m1/s1. The second kappa shape index (κ2) is 5.87. The van der Waals surface area contributed by atoms with Crippen molar-refractivity contribution in [1.29, 1.82) is 0 Å². The lowest BCUT2D eigenvalue weighted by Crippen LogP contribution is -2.43. The summed E-state index contributed by atoms with van der Waals surface area (Å²) in [6.07, 6.45) is 2.21. The predicted octanol–water partition coefficient (Wildman–Crippen LogP) is 2.26. The molecule has 0 radical (unpaired) electrons. The number of halogens is 1. The fourth-order valence-electron chi connectivity index (χ4n) is 2.77. The SMILES string of the molecule is CC(C)Cc1cccn([C@@H]2CCN(C)C[C@H]2F)c1=O. The molecular formula is C15H23FN2O. The van der Waals surface area contributed by atoms with E-state index < -0.39 is 6.17 Å². The minimum atomic E-state index is -0.967. The molecule has 0 spiro atoms. The van der Waals surface area contributed by atoms with Gasteiger partial charge in [-0.25, -0.2) is 4.39 Å². The van der Waals surface area contributed by atoms with Gasteiger partial charge in [-0.1, -0.05) is 19.9 Å². The number of alkyl halides is 1. The Labute approximate surface area is 114 Å². The number of likely N-dealkylation sites (tertiary alicyclic amines) is 1. The summed E-state index contributed by atoms with van der Waals surface area (Å²) in [6.45, 7) is 5.42. The van der Waals surface area contributed by atoms with Gasteiger partial charge < -0.3 is 9.47 Å². The van der Waals surface area contributed by atoms with E-state index in [2.05, 4.69) is 13.8 Å². The van der Waals surface area contributed by atoms with Crippen LogP contribution in [-0.4, -0.2) is 35.8 Å². The Morgan fingerprint density at radius 2 is 2.21 bits per heavy atom. The van der Waals surface area contributed by atoms with E-state index >= 15 is 0 Å². The third kappa shape index (κ3) is 3.24. The van der Waals surface area contributed by atoms with E-state index in [-0.39, 0.29) is 11.6 Å². The van der Waals surface area contributed by atoms with Gasteiger partial charge in [-0.2, -0.15) is 0 Å². The third-order valence-corrected chi connectivity index (χ3v) is 3.75. The van der Waals surface area contributed by atoms with E-state index in [9.17, 15) is 9.18 Å². The molecule has 3 nitrogen and oxygen atoms in total. The van der Waals surface area contributed by atoms with Crippen LogP contribution in [0.2, 0.25) is 0 Å². The van der Waals surface area contributed by atoms with Gasteiger partial charge in [-0.3, -0.25) is 4.79 Å². The number of hydrogen-bond donors (Lipinski definition) is 0. The minimum absolute atomic E-state index is 0.0200. The minimum Gasteiger partial charge on any atom is -0.309 e. The summed E-state index contributed by atoms with van der Waals surface area (Å²) in [4.78, 5) is 14.4. The van der Waals surface area contributed by atoms with Gasteiger partial charge >= 0.3 is 0 Å². The van der Waals surface area contributed by atoms with Crippen LogP contribution >= 0.6 is 0 Å². The molecule has 1 aliphatic rings. The molecule has 2 rings (SSSR count). The second-order valence-electron chi connectivity index (χ2n) is 5.98. The van der Waals surface area contributed by atoms with Gasteiger partial charge in [-0.15, -0.1) is 0 Å². The molecule has 1 saturated heterocycles. The number of rotatable bonds is 3. The van der Waals surface area contributed by atoms with Crippen molar-refractivity contribution in [2.45, 2.75) is 38.9 Å². The lowest BCUT2D eigenvalue weighted by Gasteiger charge is -2.33. The van der Waals surface area contributed by atoms with Gasteiger partial charge in [0.15, 0.2) is 0 Å². The molecule has 106 valence electrons. The number of nitrogens with zero attached hydrogens (tertiary/aromatic N) is 2. The monoisotopic (exact) mass is 266 g/mol. The Balaban J connectivity index is 2.27. The lowest BCUT2D eigenvalue weighted by molar-refractivity contribution is 0.105. The summed E-state index contributed by atoms with van der Waals surface area (Å²) in [6, 6.07) is 3.42. The summed E-state index contributed by atoms with van der Waals surface area (Å²) >= 11 is 0. The highest BCUT2D eigenvalue weighted by Gasteiger charge is 2.29. The summed E-state index contributed by atoms with van der Waals surface area (Å²) in [5.74, 6) is 0.433. The first-order valence-electron chi connectivity index (χ1n) is 7.01. The van der Waals surface area contributed by atoms with Gasteiger partial charge in [0, 0.05) is 24.8 Å². The maximum atomic E-state index is 14.2. The largest absolute Gasteiger partial charge is 0.309 e. The van der Waals surface area contributed by atoms with Crippen molar-refractivity contribution in [3.05, 3.63) is 34.2 Å². The molecule has 2 atom stereocenters. The average molecular weight is 266 g/mol. The van der Waals surface area contributed by atoms with Crippen LogP contribution in [-0.2, 0) is 6.42 Å². The quantitative estimate of drug-likeness (QED) is 0.838. The van der Waals surface area contributed by atoms with E-state index in [1.165, 1.54) is 0 Å². The maximum Gasteiger partial charge on any atom is 0.254 e. The van der Waals surface area contributed by atoms with Crippen molar-refractivity contribution >= 4 is 0 Å². The smallest absolute Gasteiger partial charge is 0.254 e. The summed E-state index contributed by atoms with van der Waals surface area (Å²) in [5, 5.41) is 0. The van der Waals surface area contributed by atoms with Crippen LogP contribution in [0.1, 0.15) is 31.9 Å². The Bertz CT molecular complexity index is 483. The normalized spacial score (nSPS) is 24.9. The first-order valence-corrected chi connectivity index (χ1v) is 7.01. The van der Waals surface area contributed by atoms with E-state index in [0.717, 1.165) is 18.5 Å². The molecule has 0 bridgehead atoms. The number of aromatic nitrogens is 1. The molecule has 19 heavy (non-hydrogen) atoms. The fraction of sp³-hybridized carbons (Fsp3) is 0.667. The van der Waals surface area contributed by atoms with Crippen molar-refractivity contribution in [3.8, 4) is 0 Å². The topological polar surface area (TPSA) is 25.2 Å². The van der Waals surface area contributed by atoms with Crippen LogP contribution in [0.25, 0.3) is 0 Å². The molecule has 0 N–H and O–H groups in total. The number of hydrogen-bond acceptors (Lipinski definition) is 2. The Kier molecular flexibility index (Phi) is 4.40. The van der Waals surface area contributed by atoms with Crippen LogP contribution in [0.4, 0.5) is 4.39 Å². The average Bonchev–Trinajstić information content (AvgIpc) is 2.32. The molecule has 4 heteroatoms. The van der Waals surface area contributed by atoms with Crippen LogP contribution in [0.15, 0.2) is 23.1 Å². The fourth-order valence-corrected chi connectivity index (χ4v) is 2.77. The van der Waals surface area contributed by atoms with Gasteiger partial charge in [0.05, 0.1) is 6.04 Å². The third-order valence-electron chi connectivity index (χ3n) is 3.75. The Hall–Kier alpha value is -1.16. The van der Waals surface area contributed by atoms with Gasteiger partial charge in [0.2, 0.25) is 0 Å². The molecule has 0 aliphatic carbocycles. The molecular weight excluding hydrogens is 243 g/mol. The van der Waals surface area contributed by atoms with Gasteiger partial charge in [-0.05, 0) is 31.9 Å². The second-order valence-corrected chi connectivity index (χ2v) is 5.98. The molecule has 0 aromatic carbocycles. The summed E-state index contributed by atoms with van der Waals surface area (Å²) in [5.41, 5.74) is 0.775. The van der Waals surface area contributed by atoms with Gasteiger partial charge in [0.1, 0.15) is 6.17 Å². The highest BCUT2D eigenvalue weighted by atomic mass is 19.1. The molecule has 1 aliphatic heterocycles. The maximum absolute atomic E-state index is 14.2. The van der Waals surface area contributed by atoms with E-state index in [1.54, 1.807) is 10.8 Å². The zero-order chi connectivity index (χ0) is 14.0. The van der Waals surface area contributed by atoms with Crippen molar-refractivity contribution in [2.24, 2.45) is 5.92 Å². The van der Waals surface area contributed by atoms with Crippen LogP contribution in [0.5, 0.6) is 0 Å². The van der Waals surface area contributed by atoms with Crippen molar-refractivity contribution in [3.63, 3.8) is 0 Å². The number of piperidine rings is 1. The molecule has 2 heterocycles. The highest BCUT2D eigenvalue weighted by molar-refractivity contribution is 5.12. The van der Waals surface area contributed by atoms with E-state index in [4.69, 9.17) is 0 Å². The van der Waals surface area contributed by atoms with Crippen molar-refractivity contribution in [1.82, 2.24) is 9.47 Å². The Morgan fingerprint density at radius 3 is 2.84 bits per heavy atom. The van der Waals surface area contributed by atoms with Gasteiger partial charge in [0.25, 0.3) is 5.56 Å². The molecule has 0 unspecified atom stereocenters. The summed E-state index contributed by atoms with van der Waals surface area (Å²) in [7, 11) is 1.92.